The Bertz CT molecular complexity index is 411. The number of nitrogens with one attached hydrogen (secondary N) is 1. The van der Waals surface area contributed by atoms with Crippen LogP contribution in [0.3, 0.4) is 0 Å². The van der Waals surface area contributed by atoms with E-state index >= 15 is 0 Å². The van der Waals surface area contributed by atoms with Gasteiger partial charge in [0.25, 0.3) is 0 Å². The molecule has 1 heterocycles. The van der Waals surface area contributed by atoms with E-state index in [2.05, 4.69) is 4.72 Å². The molecule has 1 aromatic rings. The number of rotatable bonds is 6. The van der Waals surface area contributed by atoms with Crippen molar-refractivity contribution >= 4 is 21.4 Å². The quantitative estimate of drug-likeness (QED) is 0.782. The van der Waals surface area contributed by atoms with Gasteiger partial charge < -0.3 is 9.84 Å². The molecule has 92 valence electrons. The molecule has 1 rings (SSSR count). The molecule has 0 aromatic carbocycles. The maximum absolute atomic E-state index is 11.7. The zero-order valence-corrected chi connectivity index (χ0v) is 10.8. The van der Waals surface area contributed by atoms with Gasteiger partial charge in [0.1, 0.15) is 4.21 Å². The van der Waals surface area contributed by atoms with Gasteiger partial charge in [-0.2, -0.15) is 0 Å². The largest absolute Gasteiger partial charge is 0.386 e. The number of methoxy groups -OCH3 is 1. The van der Waals surface area contributed by atoms with Gasteiger partial charge in [-0.05, 0) is 18.4 Å². The fourth-order valence-electron chi connectivity index (χ4n) is 1.10. The van der Waals surface area contributed by atoms with E-state index in [1.54, 1.807) is 11.4 Å². The van der Waals surface area contributed by atoms with E-state index in [0.29, 0.717) is 0 Å². The predicted molar refractivity (Wildman–Crippen MR) is 62.0 cm³/mol. The Hall–Kier alpha value is -0.470. The summed E-state index contributed by atoms with van der Waals surface area (Å²) < 4.78 is 30.7. The van der Waals surface area contributed by atoms with Gasteiger partial charge in [-0.1, -0.05) is 6.07 Å². The lowest BCUT2D eigenvalue weighted by Crippen LogP contribution is -2.43. The molecular formula is C9H15NO4S2. The average molecular weight is 265 g/mol. The second-order valence-electron chi connectivity index (χ2n) is 3.69. The molecule has 0 unspecified atom stereocenters. The first kappa shape index (κ1) is 13.6. The van der Waals surface area contributed by atoms with Gasteiger partial charge in [0.05, 0.1) is 12.2 Å². The van der Waals surface area contributed by atoms with Crippen molar-refractivity contribution in [2.45, 2.75) is 16.7 Å². The van der Waals surface area contributed by atoms with E-state index in [0.717, 1.165) is 11.3 Å². The molecule has 5 nitrogen and oxygen atoms in total. The van der Waals surface area contributed by atoms with Crippen molar-refractivity contribution in [2.75, 3.05) is 20.3 Å². The molecule has 0 amide bonds. The molecule has 1 atom stereocenters. The average Bonchev–Trinajstić information content (AvgIpc) is 2.68. The van der Waals surface area contributed by atoms with Crippen molar-refractivity contribution in [3.63, 3.8) is 0 Å². The second kappa shape index (κ2) is 5.24. The van der Waals surface area contributed by atoms with Crippen LogP contribution in [0.15, 0.2) is 21.7 Å². The van der Waals surface area contributed by atoms with E-state index in [9.17, 15) is 13.5 Å². The molecule has 16 heavy (non-hydrogen) atoms. The summed E-state index contributed by atoms with van der Waals surface area (Å²) in [5.41, 5.74) is -1.21. The Balaban J connectivity index is 2.62. The maximum atomic E-state index is 11.7. The number of ether oxygens (including phenoxy) is 1. The monoisotopic (exact) mass is 265 g/mol. The van der Waals surface area contributed by atoms with Gasteiger partial charge in [-0.25, -0.2) is 13.1 Å². The first-order valence-electron chi connectivity index (χ1n) is 4.62. The number of hydrogen-bond donors (Lipinski definition) is 2. The number of hydrogen-bond acceptors (Lipinski definition) is 5. The van der Waals surface area contributed by atoms with Crippen LogP contribution in [0.4, 0.5) is 0 Å². The highest BCUT2D eigenvalue weighted by atomic mass is 32.2. The molecule has 0 bridgehead atoms. The molecule has 0 radical (unpaired) electrons. The molecule has 0 aliphatic rings. The van der Waals surface area contributed by atoms with E-state index in [-0.39, 0.29) is 17.4 Å². The van der Waals surface area contributed by atoms with Crippen molar-refractivity contribution < 1.29 is 18.3 Å². The van der Waals surface area contributed by atoms with Crippen LogP contribution in [-0.4, -0.2) is 39.4 Å². The van der Waals surface area contributed by atoms with Crippen LogP contribution in [0.2, 0.25) is 0 Å². The minimum absolute atomic E-state index is 0.0694. The molecule has 0 aliphatic carbocycles. The molecule has 0 saturated carbocycles. The molecule has 2 N–H and O–H groups in total. The van der Waals surface area contributed by atoms with E-state index in [1.165, 1.54) is 20.1 Å². The first-order valence-corrected chi connectivity index (χ1v) is 6.98. The first-order chi connectivity index (χ1) is 7.37. The highest BCUT2D eigenvalue weighted by molar-refractivity contribution is 7.91. The third-order valence-corrected chi connectivity index (χ3v) is 4.66. The molecule has 7 heteroatoms. The van der Waals surface area contributed by atoms with Crippen LogP contribution in [-0.2, 0) is 14.8 Å². The molecule has 0 aliphatic heterocycles. The Kier molecular flexibility index (Phi) is 4.45. The number of thiophene rings is 1. The van der Waals surface area contributed by atoms with Crippen LogP contribution < -0.4 is 4.72 Å². The van der Waals surface area contributed by atoms with Crippen LogP contribution in [0.25, 0.3) is 0 Å². The summed E-state index contributed by atoms with van der Waals surface area (Å²) in [6, 6.07) is 3.17. The summed E-state index contributed by atoms with van der Waals surface area (Å²) in [5, 5.41) is 11.4. The summed E-state index contributed by atoms with van der Waals surface area (Å²) in [4.78, 5) is 0. The normalized spacial score (nSPS) is 15.9. The van der Waals surface area contributed by atoms with E-state index < -0.39 is 15.6 Å². The van der Waals surface area contributed by atoms with E-state index in [4.69, 9.17) is 4.74 Å². The smallest absolute Gasteiger partial charge is 0.250 e. The van der Waals surface area contributed by atoms with Crippen molar-refractivity contribution in [3.05, 3.63) is 17.5 Å². The zero-order chi connectivity index (χ0) is 12.2. The van der Waals surface area contributed by atoms with E-state index in [1.807, 2.05) is 0 Å². The molecule has 0 fully saturated rings. The summed E-state index contributed by atoms with van der Waals surface area (Å²) >= 11 is 1.13. The Labute approximate surface area is 99.1 Å². The topological polar surface area (TPSA) is 75.6 Å². The Morgan fingerprint density at radius 2 is 2.31 bits per heavy atom. The van der Waals surface area contributed by atoms with Crippen LogP contribution in [0.5, 0.6) is 0 Å². The third-order valence-electron chi connectivity index (χ3n) is 1.86. The van der Waals surface area contributed by atoms with Crippen molar-refractivity contribution in [2.24, 2.45) is 0 Å². The molecular weight excluding hydrogens is 250 g/mol. The Morgan fingerprint density at radius 3 is 2.81 bits per heavy atom. The minimum Gasteiger partial charge on any atom is -0.386 e. The third kappa shape index (κ3) is 3.84. The number of aliphatic hydroxyl groups is 1. The summed E-state index contributed by atoms with van der Waals surface area (Å²) in [6.45, 7) is 1.49. The predicted octanol–water partition coefficient (Wildman–Crippen LogP) is 0.424. The summed E-state index contributed by atoms with van der Waals surface area (Å²) in [6.07, 6.45) is 0. The lowest BCUT2D eigenvalue weighted by molar-refractivity contribution is -0.0119. The van der Waals surface area contributed by atoms with Gasteiger partial charge in [0.2, 0.25) is 10.0 Å². The molecule has 0 saturated heterocycles. The molecule has 1 aromatic heterocycles. The van der Waals surface area contributed by atoms with Gasteiger partial charge in [-0.15, -0.1) is 11.3 Å². The highest BCUT2D eigenvalue weighted by Crippen LogP contribution is 2.15. The summed E-state index contributed by atoms with van der Waals surface area (Å²) in [7, 11) is -2.07. The maximum Gasteiger partial charge on any atom is 0.250 e. The number of sulfonamides is 1. The SMILES string of the molecule is COC[C@](C)(O)CNS(=O)(=O)c1cccs1. The second-order valence-corrected chi connectivity index (χ2v) is 6.63. The van der Waals surface area contributed by atoms with Gasteiger partial charge in [0.15, 0.2) is 0 Å². The van der Waals surface area contributed by atoms with Crippen molar-refractivity contribution in [1.82, 2.24) is 4.72 Å². The van der Waals surface area contributed by atoms with Crippen LogP contribution in [0.1, 0.15) is 6.92 Å². The minimum atomic E-state index is -3.52. The highest BCUT2D eigenvalue weighted by Gasteiger charge is 2.24. The van der Waals surface area contributed by atoms with Crippen molar-refractivity contribution in [3.8, 4) is 0 Å². The van der Waals surface area contributed by atoms with Crippen LogP contribution >= 0.6 is 11.3 Å². The lowest BCUT2D eigenvalue weighted by atomic mass is 10.1. The van der Waals surface area contributed by atoms with Crippen molar-refractivity contribution in [1.29, 1.82) is 0 Å². The Morgan fingerprint density at radius 1 is 1.62 bits per heavy atom. The van der Waals surface area contributed by atoms with Crippen LogP contribution in [0, 0.1) is 0 Å². The fraction of sp³-hybridized carbons (Fsp3) is 0.556. The van der Waals surface area contributed by atoms with Gasteiger partial charge >= 0.3 is 0 Å². The fourth-order valence-corrected chi connectivity index (χ4v) is 3.30. The summed E-state index contributed by atoms with van der Waals surface area (Å²) in [5.74, 6) is 0. The lowest BCUT2D eigenvalue weighted by Gasteiger charge is -2.22. The molecule has 0 spiro atoms. The van der Waals surface area contributed by atoms with Gasteiger partial charge in [0, 0.05) is 13.7 Å². The standard InChI is InChI=1S/C9H15NO4S2/c1-9(11,7-14-2)6-10-16(12,13)8-4-3-5-15-8/h3-5,10-11H,6-7H2,1-2H3/t9-/m1/s1. The zero-order valence-electron chi connectivity index (χ0n) is 9.13. The van der Waals surface area contributed by atoms with Gasteiger partial charge in [-0.3, -0.25) is 0 Å².